The SMILES string of the molecule is CCS(=O)(=O)c1ncc(CN2CCCC2c2ccccn2)n1CCCc1ccccc1. The number of aryl methyl sites for hydroxylation is 1. The first-order valence-electron chi connectivity index (χ1n) is 11.0. The number of sulfone groups is 1. The van der Waals surface area contributed by atoms with Crippen LogP contribution in [0.1, 0.15) is 49.2 Å². The van der Waals surface area contributed by atoms with Crippen LogP contribution in [0.2, 0.25) is 0 Å². The molecule has 0 aliphatic carbocycles. The van der Waals surface area contributed by atoms with E-state index in [0.29, 0.717) is 13.1 Å². The number of imidazole rings is 1. The van der Waals surface area contributed by atoms with E-state index < -0.39 is 9.84 Å². The molecule has 0 amide bonds. The molecular formula is C24H30N4O2S. The molecule has 0 radical (unpaired) electrons. The molecule has 1 unspecified atom stereocenters. The average molecular weight is 439 g/mol. The van der Waals surface area contributed by atoms with Gasteiger partial charge in [0, 0.05) is 19.3 Å². The number of pyridine rings is 1. The Morgan fingerprint density at radius 2 is 1.87 bits per heavy atom. The van der Waals surface area contributed by atoms with Gasteiger partial charge in [-0.1, -0.05) is 43.3 Å². The summed E-state index contributed by atoms with van der Waals surface area (Å²) in [4.78, 5) is 11.3. The van der Waals surface area contributed by atoms with Gasteiger partial charge >= 0.3 is 0 Å². The third-order valence-corrected chi connectivity index (χ3v) is 7.65. The predicted octanol–water partition coefficient (Wildman–Crippen LogP) is 4.04. The lowest BCUT2D eigenvalue weighted by molar-refractivity contribution is 0.237. The van der Waals surface area contributed by atoms with Gasteiger partial charge in [0.05, 0.1) is 29.4 Å². The van der Waals surface area contributed by atoms with Gasteiger partial charge in [-0.25, -0.2) is 13.4 Å². The van der Waals surface area contributed by atoms with Crippen molar-refractivity contribution in [2.24, 2.45) is 0 Å². The fourth-order valence-electron chi connectivity index (χ4n) is 4.35. The van der Waals surface area contributed by atoms with Crippen molar-refractivity contribution in [2.45, 2.75) is 56.9 Å². The summed E-state index contributed by atoms with van der Waals surface area (Å²) < 4.78 is 27.3. The molecule has 0 N–H and O–H groups in total. The fourth-order valence-corrected chi connectivity index (χ4v) is 5.37. The van der Waals surface area contributed by atoms with Crippen LogP contribution in [0, 0.1) is 0 Å². The zero-order valence-electron chi connectivity index (χ0n) is 18.0. The molecule has 2 aromatic heterocycles. The first kappa shape index (κ1) is 21.7. The van der Waals surface area contributed by atoms with Gasteiger partial charge in [-0.15, -0.1) is 0 Å². The molecule has 3 heterocycles. The fraction of sp³-hybridized carbons (Fsp3) is 0.417. The van der Waals surface area contributed by atoms with E-state index >= 15 is 0 Å². The second-order valence-corrected chi connectivity index (χ2v) is 10.2. The minimum absolute atomic E-state index is 0.0579. The van der Waals surface area contributed by atoms with Crippen molar-refractivity contribution in [1.29, 1.82) is 0 Å². The van der Waals surface area contributed by atoms with E-state index in [2.05, 4.69) is 33.1 Å². The number of likely N-dealkylation sites (tertiary alicyclic amines) is 1. The van der Waals surface area contributed by atoms with Crippen LogP contribution in [0.5, 0.6) is 0 Å². The van der Waals surface area contributed by atoms with Crippen molar-refractivity contribution in [3.8, 4) is 0 Å². The summed E-state index contributed by atoms with van der Waals surface area (Å²) in [5, 5.41) is 0.201. The van der Waals surface area contributed by atoms with E-state index in [9.17, 15) is 8.42 Å². The molecule has 1 atom stereocenters. The van der Waals surface area contributed by atoms with Crippen LogP contribution in [-0.4, -0.2) is 40.2 Å². The van der Waals surface area contributed by atoms with E-state index in [-0.39, 0.29) is 17.0 Å². The molecule has 1 saturated heterocycles. The molecular weight excluding hydrogens is 408 g/mol. The summed E-state index contributed by atoms with van der Waals surface area (Å²) in [5.41, 5.74) is 3.30. The average Bonchev–Trinajstić information content (AvgIpc) is 3.43. The van der Waals surface area contributed by atoms with Crippen LogP contribution < -0.4 is 0 Å². The number of aromatic nitrogens is 3. The molecule has 1 fully saturated rings. The van der Waals surface area contributed by atoms with Crippen molar-refractivity contribution in [3.63, 3.8) is 0 Å². The van der Waals surface area contributed by atoms with Crippen molar-refractivity contribution >= 4 is 9.84 Å². The zero-order chi connectivity index (χ0) is 21.7. The van der Waals surface area contributed by atoms with E-state index in [1.165, 1.54) is 5.56 Å². The van der Waals surface area contributed by atoms with E-state index in [1.54, 1.807) is 13.1 Å². The van der Waals surface area contributed by atoms with Crippen LogP contribution in [0.4, 0.5) is 0 Å². The highest BCUT2D eigenvalue weighted by Crippen LogP contribution is 2.32. The Labute approximate surface area is 184 Å². The van der Waals surface area contributed by atoms with Gasteiger partial charge < -0.3 is 4.57 Å². The van der Waals surface area contributed by atoms with Crippen LogP contribution in [0.3, 0.4) is 0 Å². The molecule has 7 heteroatoms. The Morgan fingerprint density at radius 3 is 2.61 bits per heavy atom. The van der Waals surface area contributed by atoms with Gasteiger partial charge in [0.15, 0.2) is 0 Å². The van der Waals surface area contributed by atoms with Gasteiger partial charge in [-0.2, -0.15) is 0 Å². The first-order chi connectivity index (χ1) is 15.1. The van der Waals surface area contributed by atoms with Gasteiger partial charge in [0.2, 0.25) is 15.0 Å². The Hall–Kier alpha value is -2.51. The smallest absolute Gasteiger partial charge is 0.227 e. The normalized spacial score (nSPS) is 17.3. The quantitative estimate of drug-likeness (QED) is 0.504. The van der Waals surface area contributed by atoms with Gasteiger partial charge in [-0.3, -0.25) is 9.88 Å². The Bertz CT molecular complexity index is 1080. The van der Waals surface area contributed by atoms with Crippen molar-refractivity contribution in [3.05, 3.63) is 77.9 Å². The number of nitrogens with zero attached hydrogens (tertiary/aromatic N) is 4. The van der Waals surface area contributed by atoms with Gasteiger partial charge in [0.25, 0.3) is 0 Å². The summed E-state index contributed by atoms with van der Waals surface area (Å²) in [6, 6.07) is 16.6. The Balaban J connectivity index is 1.55. The Morgan fingerprint density at radius 1 is 1.06 bits per heavy atom. The van der Waals surface area contributed by atoms with Gasteiger partial charge in [0.1, 0.15) is 0 Å². The lowest BCUT2D eigenvalue weighted by Crippen LogP contribution is -2.25. The molecule has 164 valence electrons. The van der Waals surface area contributed by atoms with Crippen LogP contribution in [0.15, 0.2) is 66.1 Å². The van der Waals surface area contributed by atoms with Crippen LogP contribution in [0.25, 0.3) is 0 Å². The molecule has 3 aromatic rings. The molecule has 0 saturated carbocycles. The minimum atomic E-state index is -3.38. The second kappa shape index (κ2) is 9.75. The van der Waals surface area contributed by atoms with Crippen LogP contribution >= 0.6 is 0 Å². The minimum Gasteiger partial charge on any atom is -0.318 e. The van der Waals surface area contributed by atoms with Crippen LogP contribution in [-0.2, 0) is 29.3 Å². The standard InChI is InChI=1S/C24H30N4O2S/c1-2-31(29,30)24-26-18-21(28(24)17-8-12-20-10-4-3-5-11-20)19-27-16-9-14-23(27)22-13-6-7-15-25-22/h3-7,10-11,13,15,18,23H,2,8-9,12,14,16-17,19H2,1H3. The molecule has 0 bridgehead atoms. The molecule has 0 spiro atoms. The number of hydrogen-bond acceptors (Lipinski definition) is 5. The Kier molecular flexibility index (Phi) is 6.83. The van der Waals surface area contributed by atoms with E-state index in [4.69, 9.17) is 0 Å². The lowest BCUT2D eigenvalue weighted by Gasteiger charge is -2.24. The summed E-state index contributed by atoms with van der Waals surface area (Å²) in [7, 11) is -3.38. The second-order valence-electron chi connectivity index (χ2n) is 8.06. The van der Waals surface area contributed by atoms with Crippen molar-refractivity contribution in [2.75, 3.05) is 12.3 Å². The molecule has 31 heavy (non-hydrogen) atoms. The monoisotopic (exact) mass is 438 g/mol. The van der Waals surface area contributed by atoms with E-state index in [1.807, 2.05) is 41.1 Å². The number of rotatable bonds is 9. The molecule has 4 rings (SSSR count). The zero-order valence-corrected chi connectivity index (χ0v) is 18.8. The topological polar surface area (TPSA) is 68.1 Å². The summed E-state index contributed by atoms with van der Waals surface area (Å²) >= 11 is 0. The van der Waals surface area contributed by atoms with E-state index in [0.717, 1.165) is 43.6 Å². The maximum atomic E-state index is 12.7. The molecule has 6 nitrogen and oxygen atoms in total. The molecule has 1 aliphatic rings. The summed E-state index contributed by atoms with van der Waals surface area (Å²) in [6.07, 6.45) is 7.54. The predicted molar refractivity (Wildman–Crippen MR) is 121 cm³/mol. The highest BCUT2D eigenvalue weighted by Gasteiger charge is 2.29. The van der Waals surface area contributed by atoms with Gasteiger partial charge in [-0.05, 0) is 49.9 Å². The molecule has 1 aromatic carbocycles. The third kappa shape index (κ3) is 5.05. The van der Waals surface area contributed by atoms with Crippen molar-refractivity contribution < 1.29 is 8.42 Å². The highest BCUT2D eigenvalue weighted by atomic mass is 32.2. The van der Waals surface area contributed by atoms with Crippen molar-refractivity contribution in [1.82, 2.24) is 19.4 Å². The third-order valence-electron chi connectivity index (χ3n) is 6.01. The first-order valence-corrected chi connectivity index (χ1v) is 12.7. The molecule has 1 aliphatic heterocycles. The highest BCUT2D eigenvalue weighted by molar-refractivity contribution is 7.91. The number of hydrogen-bond donors (Lipinski definition) is 0. The summed E-state index contributed by atoms with van der Waals surface area (Å²) in [5.74, 6) is 0.0579. The lowest BCUT2D eigenvalue weighted by atomic mass is 10.1. The maximum absolute atomic E-state index is 12.7. The largest absolute Gasteiger partial charge is 0.318 e. The summed E-state index contributed by atoms with van der Waals surface area (Å²) in [6.45, 7) is 3.97. The maximum Gasteiger partial charge on any atom is 0.227 e. The number of benzene rings is 1.